The Morgan fingerprint density at radius 1 is 1.35 bits per heavy atom. The number of hydrogen-bond donors (Lipinski definition) is 2. The second-order valence-electron chi connectivity index (χ2n) is 4.45. The molecule has 17 heavy (non-hydrogen) atoms. The SMILES string of the molecule is CC(CO)CNCc1cnc2ccccc2c1. The number of nitrogens with one attached hydrogen (secondary N) is 1. The quantitative estimate of drug-likeness (QED) is 0.825. The molecule has 0 aliphatic carbocycles. The van der Waals surface area contributed by atoms with E-state index in [4.69, 9.17) is 5.11 Å². The molecule has 0 amide bonds. The van der Waals surface area contributed by atoms with Gasteiger partial charge in [-0.2, -0.15) is 0 Å². The van der Waals surface area contributed by atoms with Crippen molar-refractivity contribution in [1.29, 1.82) is 0 Å². The van der Waals surface area contributed by atoms with Crippen LogP contribution in [0.25, 0.3) is 10.9 Å². The number of rotatable bonds is 5. The summed E-state index contributed by atoms with van der Waals surface area (Å²) in [6.07, 6.45) is 1.90. The number of nitrogens with zero attached hydrogens (tertiary/aromatic N) is 1. The fraction of sp³-hybridized carbons (Fsp3) is 0.357. The minimum Gasteiger partial charge on any atom is -0.396 e. The first-order valence-corrected chi connectivity index (χ1v) is 5.95. The molecule has 0 saturated carbocycles. The minimum absolute atomic E-state index is 0.225. The fourth-order valence-corrected chi connectivity index (χ4v) is 1.74. The lowest BCUT2D eigenvalue weighted by molar-refractivity contribution is 0.233. The molecule has 0 saturated heterocycles. The van der Waals surface area contributed by atoms with Gasteiger partial charge in [-0.05, 0) is 23.6 Å². The number of para-hydroxylation sites is 1. The van der Waals surface area contributed by atoms with E-state index in [9.17, 15) is 0 Å². The number of aliphatic hydroxyl groups is 1. The molecule has 2 N–H and O–H groups in total. The molecule has 2 aromatic rings. The van der Waals surface area contributed by atoms with Crippen molar-refractivity contribution >= 4 is 10.9 Å². The fourth-order valence-electron chi connectivity index (χ4n) is 1.74. The van der Waals surface area contributed by atoms with E-state index in [0.29, 0.717) is 5.92 Å². The van der Waals surface area contributed by atoms with E-state index in [1.165, 1.54) is 10.9 Å². The van der Waals surface area contributed by atoms with Crippen LogP contribution < -0.4 is 5.32 Å². The van der Waals surface area contributed by atoms with Gasteiger partial charge in [0.15, 0.2) is 0 Å². The summed E-state index contributed by atoms with van der Waals surface area (Å²) in [6, 6.07) is 10.3. The zero-order valence-corrected chi connectivity index (χ0v) is 10.1. The topological polar surface area (TPSA) is 45.1 Å². The van der Waals surface area contributed by atoms with Crippen molar-refractivity contribution in [2.75, 3.05) is 13.2 Å². The molecule has 0 spiro atoms. The van der Waals surface area contributed by atoms with Crippen LogP contribution in [0, 0.1) is 5.92 Å². The van der Waals surface area contributed by atoms with Crippen molar-refractivity contribution in [2.45, 2.75) is 13.5 Å². The first kappa shape index (κ1) is 12.0. The average molecular weight is 230 g/mol. The molecule has 1 aromatic carbocycles. The summed E-state index contributed by atoms with van der Waals surface area (Å²) < 4.78 is 0. The Morgan fingerprint density at radius 2 is 2.18 bits per heavy atom. The number of pyridine rings is 1. The van der Waals surface area contributed by atoms with Crippen molar-refractivity contribution in [3.8, 4) is 0 Å². The number of benzene rings is 1. The lowest BCUT2D eigenvalue weighted by Gasteiger charge is -2.09. The van der Waals surface area contributed by atoms with Crippen LogP contribution in [-0.2, 0) is 6.54 Å². The van der Waals surface area contributed by atoms with Gasteiger partial charge in [-0.1, -0.05) is 25.1 Å². The zero-order chi connectivity index (χ0) is 12.1. The maximum Gasteiger partial charge on any atom is 0.0702 e. The van der Waals surface area contributed by atoms with Crippen LogP contribution in [0.1, 0.15) is 12.5 Å². The summed E-state index contributed by atoms with van der Waals surface area (Å²) >= 11 is 0. The predicted molar refractivity (Wildman–Crippen MR) is 69.7 cm³/mol. The van der Waals surface area contributed by atoms with Crippen LogP contribution in [0.15, 0.2) is 36.5 Å². The van der Waals surface area contributed by atoms with E-state index in [1.807, 2.05) is 31.3 Å². The van der Waals surface area contributed by atoms with E-state index in [0.717, 1.165) is 18.6 Å². The number of fused-ring (bicyclic) bond motifs is 1. The largest absolute Gasteiger partial charge is 0.396 e. The molecule has 0 aliphatic heterocycles. The standard InChI is InChI=1S/C14H18N2O/c1-11(10-17)7-15-8-12-6-13-4-2-3-5-14(13)16-9-12/h2-6,9,11,15,17H,7-8,10H2,1H3. The predicted octanol–water partition coefficient (Wildman–Crippen LogP) is 1.95. The Kier molecular flexibility index (Phi) is 4.07. The van der Waals surface area contributed by atoms with Crippen molar-refractivity contribution in [1.82, 2.24) is 10.3 Å². The van der Waals surface area contributed by atoms with Crippen LogP contribution in [0.2, 0.25) is 0 Å². The smallest absolute Gasteiger partial charge is 0.0702 e. The highest BCUT2D eigenvalue weighted by molar-refractivity contribution is 5.78. The second kappa shape index (κ2) is 5.75. The van der Waals surface area contributed by atoms with E-state index in [2.05, 4.69) is 22.4 Å². The van der Waals surface area contributed by atoms with E-state index >= 15 is 0 Å². The van der Waals surface area contributed by atoms with Crippen LogP contribution in [0.4, 0.5) is 0 Å². The summed E-state index contributed by atoms with van der Waals surface area (Å²) in [7, 11) is 0. The Morgan fingerprint density at radius 3 is 3.00 bits per heavy atom. The second-order valence-corrected chi connectivity index (χ2v) is 4.45. The van der Waals surface area contributed by atoms with Gasteiger partial charge in [0.05, 0.1) is 5.52 Å². The van der Waals surface area contributed by atoms with E-state index in [-0.39, 0.29) is 6.61 Å². The van der Waals surface area contributed by atoms with Crippen molar-refractivity contribution in [3.05, 3.63) is 42.1 Å². The Labute approximate surface area is 102 Å². The Hall–Kier alpha value is -1.45. The molecule has 3 nitrogen and oxygen atoms in total. The van der Waals surface area contributed by atoms with Gasteiger partial charge in [0.25, 0.3) is 0 Å². The normalized spacial score (nSPS) is 12.8. The van der Waals surface area contributed by atoms with Crippen LogP contribution in [0.5, 0.6) is 0 Å². The van der Waals surface area contributed by atoms with Crippen LogP contribution in [0.3, 0.4) is 0 Å². The summed E-state index contributed by atoms with van der Waals surface area (Å²) in [5.74, 6) is 0.295. The molecule has 2 rings (SSSR count). The van der Waals surface area contributed by atoms with Gasteiger partial charge in [0.2, 0.25) is 0 Å². The molecular weight excluding hydrogens is 212 g/mol. The molecule has 0 bridgehead atoms. The molecule has 0 fully saturated rings. The first-order chi connectivity index (χ1) is 8.29. The molecule has 0 radical (unpaired) electrons. The lowest BCUT2D eigenvalue weighted by atomic mass is 10.1. The highest BCUT2D eigenvalue weighted by Gasteiger charge is 2.00. The highest BCUT2D eigenvalue weighted by Crippen LogP contribution is 2.12. The zero-order valence-electron chi connectivity index (χ0n) is 10.1. The highest BCUT2D eigenvalue weighted by atomic mass is 16.3. The molecule has 3 heteroatoms. The Balaban J connectivity index is 1.99. The van der Waals surface area contributed by atoms with Gasteiger partial charge in [-0.15, -0.1) is 0 Å². The van der Waals surface area contributed by atoms with Gasteiger partial charge in [0, 0.05) is 31.3 Å². The number of hydrogen-bond acceptors (Lipinski definition) is 3. The molecule has 1 aromatic heterocycles. The number of aromatic nitrogens is 1. The third-order valence-corrected chi connectivity index (χ3v) is 2.78. The van der Waals surface area contributed by atoms with Gasteiger partial charge in [0.1, 0.15) is 0 Å². The molecule has 0 aliphatic rings. The van der Waals surface area contributed by atoms with Crippen LogP contribution in [-0.4, -0.2) is 23.2 Å². The van der Waals surface area contributed by atoms with Gasteiger partial charge >= 0.3 is 0 Å². The lowest BCUT2D eigenvalue weighted by Crippen LogP contribution is -2.22. The van der Waals surface area contributed by atoms with Crippen molar-refractivity contribution < 1.29 is 5.11 Å². The summed E-state index contributed by atoms with van der Waals surface area (Å²) in [4.78, 5) is 4.41. The van der Waals surface area contributed by atoms with Crippen LogP contribution >= 0.6 is 0 Å². The third-order valence-electron chi connectivity index (χ3n) is 2.78. The van der Waals surface area contributed by atoms with Crippen molar-refractivity contribution in [2.24, 2.45) is 5.92 Å². The number of aliphatic hydroxyl groups excluding tert-OH is 1. The summed E-state index contributed by atoms with van der Waals surface area (Å²) in [5, 5.41) is 13.4. The maximum atomic E-state index is 8.92. The van der Waals surface area contributed by atoms with E-state index in [1.54, 1.807) is 0 Å². The maximum absolute atomic E-state index is 8.92. The molecule has 1 atom stereocenters. The molecular formula is C14H18N2O. The average Bonchev–Trinajstić information content (AvgIpc) is 2.38. The monoisotopic (exact) mass is 230 g/mol. The summed E-state index contributed by atoms with van der Waals surface area (Å²) in [5.41, 5.74) is 2.20. The van der Waals surface area contributed by atoms with Gasteiger partial charge in [-0.3, -0.25) is 4.98 Å². The molecule has 1 heterocycles. The van der Waals surface area contributed by atoms with Crippen molar-refractivity contribution in [3.63, 3.8) is 0 Å². The third kappa shape index (κ3) is 3.25. The van der Waals surface area contributed by atoms with Gasteiger partial charge in [-0.25, -0.2) is 0 Å². The Bertz CT molecular complexity index is 484. The summed E-state index contributed by atoms with van der Waals surface area (Å²) in [6.45, 7) is 3.86. The molecule has 1 unspecified atom stereocenters. The van der Waals surface area contributed by atoms with Gasteiger partial charge < -0.3 is 10.4 Å². The van der Waals surface area contributed by atoms with E-state index < -0.39 is 0 Å². The minimum atomic E-state index is 0.225. The molecule has 90 valence electrons. The first-order valence-electron chi connectivity index (χ1n) is 5.95.